The van der Waals surface area contributed by atoms with E-state index < -0.39 is 12.0 Å². The number of rotatable bonds is 5. The van der Waals surface area contributed by atoms with E-state index in [0.717, 1.165) is 4.88 Å². The van der Waals surface area contributed by atoms with Gasteiger partial charge in [-0.05, 0) is 6.92 Å². The third-order valence-electron chi connectivity index (χ3n) is 2.02. The fraction of sp³-hybridized carbons (Fsp3) is 0.500. The van der Waals surface area contributed by atoms with E-state index in [0.29, 0.717) is 5.69 Å². The van der Waals surface area contributed by atoms with Crippen LogP contribution in [0.15, 0.2) is 5.51 Å². The second kappa shape index (κ2) is 6.56. The molecule has 0 saturated carbocycles. The summed E-state index contributed by atoms with van der Waals surface area (Å²) in [7, 11) is 0. The summed E-state index contributed by atoms with van der Waals surface area (Å²) in [5, 5.41) is 2.66. The molecule has 1 atom stereocenters. The average Bonchev–Trinajstić information content (AvgIpc) is 2.70. The van der Waals surface area contributed by atoms with Gasteiger partial charge in [-0.15, -0.1) is 22.9 Å². The second-order valence-electron chi connectivity index (χ2n) is 3.35. The number of hydrogen-bond acceptors (Lipinski definition) is 5. The first-order valence-corrected chi connectivity index (χ1v) is 6.34. The summed E-state index contributed by atoms with van der Waals surface area (Å²) in [4.78, 5) is 27.2. The van der Waals surface area contributed by atoms with E-state index in [9.17, 15) is 9.59 Å². The maximum Gasteiger partial charge on any atom is 0.302 e. The molecule has 0 aliphatic heterocycles. The monoisotopic (exact) mass is 276 g/mol. The number of aromatic nitrogens is 1. The Morgan fingerprint density at radius 3 is 2.82 bits per heavy atom. The normalized spacial score (nSPS) is 11.9. The van der Waals surface area contributed by atoms with E-state index in [2.05, 4.69) is 10.3 Å². The molecule has 1 amide bonds. The molecule has 0 fully saturated rings. The number of hydrogen-bond donors (Lipinski definition) is 1. The molecule has 1 heterocycles. The summed E-state index contributed by atoms with van der Waals surface area (Å²) in [5.74, 6) is -0.862. The molecule has 0 radical (unpaired) electrons. The molecule has 1 aromatic heterocycles. The molecule has 1 N–H and O–H groups in total. The van der Waals surface area contributed by atoms with Gasteiger partial charge in [-0.3, -0.25) is 9.59 Å². The molecule has 0 aliphatic carbocycles. The van der Waals surface area contributed by atoms with Gasteiger partial charge >= 0.3 is 5.97 Å². The number of thiazole rings is 1. The van der Waals surface area contributed by atoms with E-state index in [1.165, 1.54) is 18.3 Å². The Kier molecular flexibility index (Phi) is 5.37. The van der Waals surface area contributed by atoms with Gasteiger partial charge in [0.2, 0.25) is 5.91 Å². The Bertz CT molecular complexity index is 408. The second-order valence-corrected chi connectivity index (χ2v) is 4.68. The van der Waals surface area contributed by atoms with Crippen molar-refractivity contribution >= 4 is 34.8 Å². The van der Waals surface area contributed by atoms with Gasteiger partial charge in [0.15, 0.2) is 0 Å². The Balaban J connectivity index is 2.75. The average molecular weight is 277 g/mol. The van der Waals surface area contributed by atoms with Gasteiger partial charge in [-0.25, -0.2) is 4.98 Å². The lowest BCUT2D eigenvalue weighted by Crippen LogP contribution is -2.33. The number of esters is 1. The molecule has 94 valence electrons. The van der Waals surface area contributed by atoms with Crippen LogP contribution in [-0.4, -0.2) is 29.3 Å². The zero-order valence-corrected chi connectivity index (χ0v) is 11.1. The van der Waals surface area contributed by atoms with Crippen LogP contribution in [0.4, 0.5) is 0 Å². The molecular formula is C10H13ClN2O3S. The number of ether oxygens (including phenoxy) is 1. The van der Waals surface area contributed by atoms with Crippen LogP contribution in [0.25, 0.3) is 0 Å². The number of aryl methyl sites for hydroxylation is 1. The number of amides is 1. The minimum absolute atomic E-state index is 0.0581. The molecule has 0 bridgehead atoms. The highest BCUT2D eigenvalue weighted by Crippen LogP contribution is 2.19. The topological polar surface area (TPSA) is 68.3 Å². The quantitative estimate of drug-likeness (QED) is 0.652. The van der Waals surface area contributed by atoms with Crippen LogP contribution < -0.4 is 5.32 Å². The molecule has 17 heavy (non-hydrogen) atoms. The Hall–Kier alpha value is -1.14. The Morgan fingerprint density at radius 2 is 2.35 bits per heavy atom. The summed E-state index contributed by atoms with van der Waals surface area (Å²) < 4.78 is 4.90. The standard InChI is InChI=1S/C10H13ClN2O3S/c1-6-10(12-5-17-6)8(4-16-7(2)14)13-9(15)3-11/h5,8H,3-4H2,1-2H3,(H,13,15). The Morgan fingerprint density at radius 1 is 1.65 bits per heavy atom. The van der Waals surface area contributed by atoms with Gasteiger partial charge in [0, 0.05) is 11.8 Å². The summed E-state index contributed by atoms with van der Waals surface area (Å²) in [6.07, 6.45) is 0. The first-order valence-electron chi connectivity index (χ1n) is 4.93. The molecule has 1 unspecified atom stereocenters. The lowest BCUT2D eigenvalue weighted by Gasteiger charge is -2.16. The van der Waals surface area contributed by atoms with Gasteiger partial charge in [-0.2, -0.15) is 0 Å². The van der Waals surface area contributed by atoms with E-state index in [1.807, 2.05) is 6.92 Å². The van der Waals surface area contributed by atoms with Crippen LogP contribution in [0, 0.1) is 6.92 Å². The number of nitrogens with zero attached hydrogens (tertiary/aromatic N) is 1. The largest absolute Gasteiger partial charge is 0.463 e. The van der Waals surface area contributed by atoms with Gasteiger partial charge in [0.1, 0.15) is 18.5 Å². The molecule has 0 aromatic carbocycles. The third-order valence-corrected chi connectivity index (χ3v) is 3.04. The molecule has 1 aromatic rings. The number of halogens is 1. The molecule has 5 nitrogen and oxygen atoms in total. The number of carbonyl (C=O) groups is 2. The number of carbonyl (C=O) groups excluding carboxylic acids is 2. The van der Waals surface area contributed by atoms with Crippen LogP contribution in [-0.2, 0) is 14.3 Å². The number of nitrogens with one attached hydrogen (secondary N) is 1. The number of alkyl halides is 1. The van der Waals surface area contributed by atoms with E-state index in [4.69, 9.17) is 16.3 Å². The van der Waals surface area contributed by atoms with Crippen molar-refractivity contribution in [3.8, 4) is 0 Å². The predicted octanol–water partition coefficient (Wildman–Crippen LogP) is 1.41. The molecule has 7 heteroatoms. The van der Waals surface area contributed by atoms with Crippen LogP contribution in [0.5, 0.6) is 0 Å². The molecule has 1 rings (SSSR count). The lowest BCUT2D eigenvalue weighted by atomic mass is 10.2. The highest BCUT2D eigenvalue weighted by atomic mass is 35.5. The maximum absolute atomic E-state index is 11.3. The van der Waals surface area contributed by atoms with Crippen molar-refractivity contribution in [2.45, 2.75) is 19.9 Å². The summed E-state index contributed by atoms with van der Waals surface area (Å²) in [5.41, 5.74) is 2.38. The van der Waals surface area contributed by atoms with Crippen LogP contribution in [0.3, 0.4) is 0 Å². The third kappa shape index (κ3) is 4.32. The van der Waals surface area contributed by atoms with Crippen molar-refractivity contribution in [3.05, 3.63) is 16.1 Å². The smallest absolute Gasteiger partial charge is 0.302 e. The predicted molar refractivity (Wildman–Crippen MR) is 65.1 cm³/mol. The maximum atomic E-state index is 11.3. The van der Waals surface area contributed by atoms with Crippen molar-refractivity contribution in [1.29, 1.82) is 0 Å². The fourth-order valence-corrected chi connectivity index (χ4v) is 1.99. The zero-order chi connectivity index (χ0) is 12.8. The van der Waals surface area contributed by atoms with Gasteiger partial charge in [0.05, 0.1) is 11.2 Å². The van der Waals surface area contributed by atoms with Crippen LogP contribution in [0.1, 0.15) is 23.5 Å². The Labute approximate surface area is 108 Å². The summed E-state index contributed by atoms with van der Waals surface area (Å²) in [6.45, 7) is 3.26. The van der Waals surface area contributed by atoms with E-state index in [1.54, 1.807) is 5.51 Å². The molecule has 0 spiro atoms. The van der Waals surface area contributed by atoms with E-state index in [-0.39, 0.29) is 18.4 Å². The van der Waals surface area contributed by atoms with Gasteiger partial charge in [0.25, 0.3) is 0 Å². The summed E-state index contributed by atoms with van der Waals surface area (Å²) >= 11 is 6.89. The lowest BCUT2D eigenvalue weighted by molar-refractivity contribution is -0.142. The van der Waals surface area contributed by atoms with Gasteiger partial charge in [-0.1, -0.05) is 0 Å². The van der Waals surface area contributed by atoms with E-state index >= 15 is 0 Å². The summed E-state index contributed by atoms with van der Waals surface area (Å²) in [6, 6.07) is -0.448. The minimum Gasteiger partial charge on any atom is -0.463 e. The first kappa shape index (κ1) is 13.9. The fourth-order valence-electron chi connectivity index (χ4n) is 1.27. The molecule has 0 saturated heterocycles. The minimum atomic E-state index is -0.448. The van der Waals surface area contributed by atoms with Crippen molar-refractivity contribution in [2.75, 3.05) is 12.5 Å². The van der Waals surface area contributed by atoms with Crippen LogP contribution >= 0.6 is 22.9 Å². The van der Waals surface area contributed by atoms with Crippen molar-refractivity contribution in [2.24, 2.45) is 0 Å². The highest BCUT2D eigenvalue weighted by molar-refractivity contribution is 7.09. The van der Waals surface area contributed by atoms with Crippen molar-refractivity contribution < 1.29 is 14.3 Å². The van der Waals surface area contributed by atoms with Crippen LogP contribution in [0.2, 0.25) is 0 Å². The molecule has 0 aliphatic rings. The van der Waals surface area contributed by atoms with Gasteiger partial charge < -0.3 is 10.1 Å². The highest BCUT2D eigenvalue weighted by Gasteiger charge is 2.19. The first-order chi connectivity index (χ1) is 8.04. The SMILES string of the molecule is CC(=O)OCC(NC(=O)CCl)c1ncsc1C. The zero-order valence-electron chi connectivity index (χ0n) is 9.53. The molecular weight excluding hydrogens is 264 g/mol. The van der Waals surface area contributed by atoms with Crippen molar-refractivity contribution in [3.63, 3.8) is 0 Å². The van der Waals surface area contributed by atoms with Crippen molar-refractivity contribution in [1.82, 2.24) is 10.3 Å².